The molecule has 15 heavy (non-hydrogen) atoms. The summed E-state index contributed by atoms with van der Waals surface area (Å²) in [5.74, 6) is 0. The molecule has 0 N–H and O–H groups in total. The summed E-state index contributed by atoms with van der Waals surface area (Å²) in [6, 6.07) is 0. The highest BCUT2D eigenvalue weighted by Gasteiger charge is 2.09. The zero-order valence-corrected chi connectivity index (χ0v) is 12.1. The first kappa shape index (κ1) is 15.3. The largest absolute Gasteiger partial charge is 0.261 e. The zero-order chi connectivity index (χ0) is 11.4. The number of rotatable bonds is 11. The average Bonchev–Trinajstić information content (AvgIpc) is 2.27. The SMILES string of the molecule is C=CCCCCCCC[CH2][Al]([CH2]C)[CH2]C. The summed E-state index contributed by atoms with van der Waals surface area (Å²) < 4.78 is 0. The van der Waals surface area contributed by atoms with Crippen LogP contribution in [0, 0.1) is 0 Å². The molecule has 0 saturated heterocycles. The molecule has 0 atom stereocenters. The van der Waals surface area contributed by atoms with Crippen molar-refractivity contribution in [3.05, 3.63) is 12.7 Å². The fraction of sp³-hybridized carbons (Fsp3) is 0.857. The van der Waals surface area contributed by atoms with E-state index < -0.39 is 0 Å². The van der Waals surface area contributed by atoms with Gasteiger partial charge < -0.3 is 0 Å². The maximum Gasteiger partial charge on any atom is 0.261 e. The Morgan fingerprint density at radius 3 is 1.93 bits per heavy atom. The maximum absolute atomic E-state index is 3.75. The molecule has 0 amide bonds. The van der Waals surface area contributed by atoms with E-state index in [1.54, 1.807) is 5.28 Å². The normalized spacial score (nSPS) is 10.3. The molecule has 0 heterocycles. The topological polar surface area (TPSA) is 0 Å². The van der Waals surface area contributed by atoms with Crippen LogP contribution in [-0.4, -0.2) is 14.1 Å². The number of hydrogen-bond acceptors (Lipinski definition) is 0. The Hall–Kier alpha value is 0.272. The lowest BCUT2D eigenvalue weighted by Crippen LogP contribution is -2.07. The Balaban J connectivity index is 3.07. The molecular weight excluding hydrogens is 195 g/mol. The molecular formula is C14H29Al. The van der Waals surface area contributed by atoms with Gasteiger partial charge in [0.05, 0.1) is 0 Å². The van der Waals surface area contributed by atoms with Gasteiger partial charge in [-0.25, -0.2) is 0 Å². The second-order valence-electron chi connectivity index (χ2n) is 4.67. The second-order valence-corrected chi connectivity index (χ2v) is 8.61. The molecule has 0 fully saturated rings. The number of unbranched alkanes of at least 4 members (excludes halogenated alkanes) is 6. The van der Waals surface area contributed by atoms with E-state index in [2.05, 4.69) is 20.4 Å². The average molecular weight is 224 g/mol. The lowest BCUT2D eigenvalue weighted by molar-refractivity contribution is 0.610. The third kappa shape index (κ3) is 10.6. The van der Waals surface area contributed by atoms with E-state index in [-0.39, 0.29) is 14.1 Å². The van der Waals surface area contributed by atoms with E-state index in [1.807, 2.05) is 6.08 Å². The quantitative estimate of drug-likeness (QED) is 0.249. The van der Waals surface area contributed by atoms with Gasteiger partial charge in [-0.05, 0) is 12.8 Å². The van der Waals surface area contributed by atoms with Crippen LogP contribution in [0.5, 0.6) is 0 Å². The first-order valence-electron chi connectivity index (χ1n) is 6.96. The Morgan fingerprint density at radius 2 is 1.40 bits per heavy atom. The summed E-state index contributed by atoms with van der Waals surface area (Å²) >= 11 is -0.275. The van der Waals surface area contributed by atoms with Crippen LogP contribution in [0.4, 0.5) is 0 Å². The lowest BCUT2D eigenvalue weighted by atomic mass is 10.1. The molecule has 0 aromatic carbocycles. The molecule has 0 aliphatic carbocycles. The van der Waals surface area contributed by atoms with Crippen molar-refractivity contribution in [1.82, 2.24) is 0 Å². The van der Waals surface area contributed by atoms with Gasteiger partial charge in [0.1, 0.15) is 0 Å². The summed E-state index contributed by atoms with van der Waals surface area (Å²) in [4.78, 5) is 0. The fourth-order valence-electron chi connectivity index (χ4n) is 2.13. The summed E-state index contributed by atoms with van der Waals surface area (Å²) in [6.07, 6.45) is 11.9. The van der Waals surface area contributed by atoms with Gasteiger partial charge in [-0.3, -0.25) is 0 Å². The van der Waals surface area contributed by atoms with Gasteiger partial charge in [-0.15, -0.1) is 6.58 Å². The zero-order valence-electron chi connectivity index (χ0n) is 10.9. The smallest absolute Gasteiger partial charge is 0.103 e. The summed E-state index contributed by atoms with van der Waals surface area (Å²) in [5.41, 5.74) is 0. The minimum Gasteiger partial charge on any atom is -0.103 e. The predicted octanol–water partition coefficient (Wildman–Crippen LogP) is 5.44. The van der Waals surface area contributed by atoms with Crippen LogP contribution in [0.2, 0.25) is 15.8 Å². The van der Waals surface area contributed by atoms with E-state index in [0.717, 1.165) is 0 Å². The Bertz CT molecular complexity index is 127. The van der Waals surface area contributed by atoms with Crippen LogP contribution in [0.15, 0.2) is 12.7 Å². The molecule has 0 aliphatic heterocycles. The van der Waals surface area contributed by atoms with Crippen LogP contribution in [0.1, 0.15) is 58.8 Å². The van der Waals surface area contributed by atoms with Gasteiger partial charge in [0.25, 0.3) is 14.1 Å². The molecule has 0 aromatic heterocycles. The maximum atomic E-state index is 3.75. The highest BCUT2D eigenvalue weighted by Crippen LogP contribution is 2.13. The minimum atomic E-state index is -0.275. The highest BCUT2D eigenvalue weighted by atomic mass is 27.2. The van der Waals surface area contributed by atoms with Crippen LogP contribution >= 0.6 is 0 Å². The van der Waals surface area contributed by atoms with Crippen LogP contribution < -0.4 is 0 Å². The predicted molar refractivity (Wildman–Crippen MR) is 74.0 cm³/mol. The van der Waals surface area contributed by atoms with Gasteiger partial charge in [0.2, 0.25) is 0 Å². The molecule has 0 saturated carbocycles. The molecule has 0 aromatic rings. The first-order valence-corrected chi connectivity index (χ1v) is 9.40. The third-order valence-corrected chi connectivity index (χ3v) is 6.96. The molecule has 88 valence electrons. The monoisotopic (exact) mass is 224 g/mol. The van der Waals surface area contributed by atoms with Crippen LogP contribution in [-0.2, 0) is 0 Å². The van der Waals surface area contributed by atoms with Crippen molar-refractivity contribution in [2.45, 2.75) is 74.6 Å². The summed E-state index contributed by atoms with van der Waals surface area (Å²) in [5, 5.41) is 4.62. The molecule has 0 aliphatic rings. The molecule has 0 unspecified atom stereocenters. The Morgan fingerprint density at radius 1 is 0.867 bits per heavy atom. The van der Waals surface area contributed by atoms with Gasteiger partial charge in [-0.1, -0.05) is 67.9 Å². The third-order valence-electron chi connectivity index (χ3n) is 3.43. The molecule has 0 radical (unpaired) electrons. The van der Waals surface area contributed by atoms with Crippen LogP contribution in [0.3, 0.4) is 0 Å². The Labute approximate surface area is 102 Å². The van der Waals surface area contributed by atoms with Gasteiger partial charge in [0.15, 0.2) is 0 Å². The van der Waals surface area contributed by atoms with Crippen LogP contribution in [0.25, 0.3) is 0 Å². The van der Waals surface area contributed by atoms with Crippen molar-refractivity contribution in [3.8, 4) is 0 Å². The summed E-state index contributed by atoms with van der Waals surface area (Å²) in [7, 11) is 0. The Kier molecular flexibility index (Phi) is 12.6. The van der Waals surface area contributed by atoms with E-state index in [9.17, 15) is 0 Å². The van der Waals surface area contributed by atoms with Crippen molar-refractivity contribution in [1.29, 1.82) is 0 Å². The molecule has 0 nitrogen and oxygen atoms in total. The van der Waals surface area contributed by atoms with E-state index in [0.29, 0.717) is 0 Å². The second kappa shape index (κ2) is 12.3. The van der Waals surface area contributed by atoms with Crippen molar-refractivity contribution >= 4 is 14.1 Å². The van der Waals surface area contributed by atoms with Crippen molar-refractivity contribution in [2.75, 3.05) is 0 Å². The fourth-order valence-corrected chi connectivity index (χ4v) is 4.39. The van der Waals surface area contributed by atoms with Crippen molar-refractivity contribution in [2.24, 2.45) is 0 Å². The van der Waals surface area contributed by atoms with Crippen molar-refractivity contribution in [3.63, 3.8) is 0 Å². The molecule has 1 heteroatoms. The van der Waals surface area contributed by atoms with Gasteiger partial charge >= 0.3 is 0 Å². The van der Waals surface area contributed by atoms with E-state index in [4.69, 9.17) is 0 Å². The highest BCUT2D eigenvalue weighted by molar-refractivity contribution is 6.58. The number of hydrogen-bond donors (Lipinski definition) is 0. The molecule has 0 spiro atoms. The molecule has 0 bridgehead atoms. The van der Waals surface area contributed by atoms with E-state index in [1.165, 1.54) is 55.5 Å². The minimum absolute atomic E-state index is 0.275. The standard InChI is InChI=1S/C10H19.2C2H5.Al/c1-3-5-7-9-10-8-6-4-2;2*1-2;/h3H,1-2,4-10H2;2*1H2,2H3;. The number of allylic oxidation sites excluding steroid dienone is 1. The van der Waals surface area contributed by atoms with Gasteiger partial charge in [0, 0.05) is 0 Å². The van der Waals surface area contributed by atoms with E-state index >= 15 is 0 Å². The lowest BCUT2D eigenvalue weighted by Gasteiger charge is -2.05. The molecule has 0 rings (SSSR count). The summed E-state index contributed by atoms with van der Waals surface area (Å²) in [6.45, 7) is 8.52. The first-order chi connectivity index (χ1) is 7.35. The van der Waals surface area contributed by atoms with Crippen molar-refractivity contribution < 1.29 is 0 Å². The van der Waals surface area contributed by atoms with Gasteiger partial charge in [-0.2, -0.15) is 0 Å².